The molecule has 2 unspecified atom stereocenters. The molecule has 0 aromatic rings. The van der Waals surface area contributed by atoms with E-state index in [2.05, 4.69) is 10.1 Å². The Hall–Kier alpha value is -1.31. The molecule has 0 radical (unpaired) electrons. The predicted molar refractivity (Wildman–Crippen MR) is 69.4 cm³/mol. The summed E-state index contributed by atoms with van der Waals surface area (Å²) in [5.41, 5.74) is 0. The standard InChI is InChI=1S/C13H21F3N2O3/c1-8(2)11(19)18-5-9(12(20)21-3)4-10(6-18)17-7-13(14,15)16/h8-10,17H,4-7H2,1-3H3. The maximum atomic E-state index is 12.3. The molecule has 1 N–H and O–H groups in total. The molecule has 0 aliphatic carbocycles. The first-order valence-corrected chi connectivity index (χ1v) is 6.80. The van der Waals surface area contributed by atoms with Gasteiger partial charge in [0, 0.05) is 25.0 Å². The Balaban J connectivity index is 2.75. The minimum absolute atomic E-state index is 0.167. The predicted octanol–water partition coefficient (Wildman–Crippen LogP) is 1.18. The molecule has 1 saturated heterocycles. The van der Waals surface area contributed by atoms with E-state index in [-0.39, 0.29) is 31.3 Å². The first-order chi connectivity index (χ1) is 9.64. The number of hydrogen-bond acceptors (Lipinski definition) is 4. The summed E-state index contributed by atoms with van der Waals surface area (Å²) in [6.07, 6.45) is -4.10. The molecule has 0 spiro atoms. The zero-order valence-electron chi connectivity index (χ0n) is 12.4. The lowest BCUT2D eigenvalue weighted by Crippen LogP contribution is -2.55. The first-order valence-electron chi connectivity index (χ1n) is 6.80. The summed E-state index contributed by atoms with van der Waals surface area (Å²) >= 11 is 0. The average Bonchev–Trinajstić information content (AvgIpc) is 2.42. The Kier molecular flexibility index (Phi) is 6.00. The molecule has 0 bridgehead atoms. The van der Waals surface area contributed by atoms with Crippen LogP contribution in [0.25, 0.3) is 0 Å². The molecule has 2 atom stereocenters. The van der Waals surface area contributed by atoms with Gasteiger partial charge in [0.2, 0.25) is 5.91 Å². The fourth-order valence-electron chi connectivity index (χ4n) is 2.39. The summed E-state index contributed by atoms with van der Waals surface area (Å²) in [7, 11) is 1.23. The number of nitrogens with one attached hydrogen (secondary N) is 1. The lowest BCUT2D eigenvalue weighted by atomic mass is 9.93. The van der Waals surface area contributed by atoms with Gasteiger partial charge in [-0.25, -0.2) is 0 Å². The second-order valence-electron chi connectivity index (χ2n) is 5.55. The molecule has 1 aliphatic rings. The smallest absolute Gasteiger partial charge is 0.401 e. The van der Waals surface area contributed by atoms with E-state index in [1.54, 1.807) is 13.8 Å². The van der Waals surface area contributed by atoms with Crippen molar-refractivity contribution in [3.63, 3.8) is 0 Å². The van der Waals surface area contributed by atoms with Gasteiger partial charge in [-0.1, -0.05) is 13.8 Å². The summed E-state index contributed by atoms with van der Waals surface area (Å²) < 4.78 is 41.5. The molecule has 0 aromatic heterocycles. The second kappa shape index (κ2) is 7.11. The van der Waals surface area contributed by atoms with Crippen LogP contribution in [0.2, 0.25) is 0 Å². The van der Waals surface area contributed by atoms with Gasteiger partial charge in [-0.3, -0.25) is 9.59 Å². The normalized spacial score (nSPS) is 23.3. The second-order valence-corrected chi connectivity index (χ2v) is 5.55. The van der Waals surface area contributed by atoms with Crippen molar-refractivity contribution in [3.05, 3.63) is 0 Å². The highest BCUT2D eigenvalue weighted by molar-refractivity contribution is 5.80. The molecule has 1 amide bonds. The molecule has 0 saturated carbocycles. The van der Waals surface area contributed by atoms with Gasteiger partial charge < -0.3 is 15.0 Å². The number of rotatable bonds is 4. The maximum Gasteiger partial charge on any atom is 0.401 e. The van der Waals surface area contributed by atoms with E-state index >= 15 is 0 Å². The quantitative estimate of drug-likeness (QED) is 0.792. The van der Waals surface area contributed by atoms with Crippen molar-refractivity contribution in [2.45, 2.75) is 32.5 Å². The van der Waals surface area contributed by atoms with Gasteiger partial charge in [0.15, 0.2) is 0 Å². The van der Waals surface area contributed by atoms with Gasteiger partial charge in [0.1, 0.15) is 0 Å². The van der Waals surface area contributed by atoms with Crippen LogP contribution in [0.1, 0.15) is 20.3 Å². The van der Waals surface area contributed by atoms with Crippen molar-refractivity contribution >= 4 is 11.9 Å². The number of esters is 1. The topological polar surface area (TPSA) is 58.6 Å². The number of hydrogen-bond donors (Lipinski definition) is 1. The van der Waals surface area contributed by atoms with E-state index < -0.39 is 30.7 Å². The van der Waals surface area contributed by atoms with Gasteiger partial charge in [0.25, 0.3) is 0 Å². The molecule has 1 rings (SSSR count). The van der Waals surface area contributed by atoms with Gasteiger partial charge in [-0.05, 0) is 6.42 Å². The molecule has 0 aromatic carbocycles. The van der Waals surface area contributed by atoms with Crippen LogP contribution >= 0.6 is 0 Å². The molecule has 122 valence electrons. The molecule has 1 fully saturated rings. The van der Waals surface area contributed by atoms with E-state index in [1.807, 2.05) is 0 Å². The summed E-state index contributed by atoms with van der Waals surface area (Å²) in [6, 6.07) is -0.577. The lowest BCUT2D eigenvalue weighted by Gasteiger charge is -2.38. The highest BCUT2D eigenvalue weighted by Gasteiger charge is 2.36. The number of likely N-dealkylation sites (tertiary alicyclic amines) is 1. The number of piperidine rings is 1. The van der Waals surface area contributed by atoms with Crippen molar-refractivity contribution in [1.82, 2.24) is 10.2 Å². The number of ether oxygens (including phenoxy) is 1. The van der Waals surface area contributed by atoms with Crippen molar-refractivity contribution in [3.8, 4) is 0 Å². The fraction of sp³-hybridized carbons (Fsp3) is 0.846. The lowest BCUT2D eigenvalue weighted by molar-refractivity contribution is -0.150. The van der Waals surface area contributed by atoms with Crippen molar-refractivity contribution in [2.24, 2.45) is 11.8 Å². The van der Waals surface area contributed by atoms with E-state index in [0.29, 0.717) is 0 Å². The zero-order chi connectivity index (χ0) is 16.2. The highest BCUT2D eigenvalue weighted by atomic mass is 19.4. The SMILES string of the molecule is COC(=O)C1CC(NCC(F)(F)F)CN(C(=O)C(C)C)C1. The van der Waals surface area contributed by atoms with E-state index in [9.17, 15) is 22.8 Å². The van der Waals surface area contributed by atoms with E-state index in [0.717, 1.165) is 0 Å². The number of halogens is 3. The monoisotopic (exact) mass is 310 g/mol. The number of methoxy groups -OCH3 is 1. The number of amides is 1. The third kappa shape index (κ3) is 5.53. The van der Waals surface area contributed by atoms with Gasteiger partial charge in [-0.15, -0.1) is 0 Å². The molecular formula is C13H21F3N2O3. The Morgan fingerprint density at radius 2 is 1.95 bits per heavy atom. The highest BCUT2D eigenvalue weighted by Crippen LogP contribution is 2.21. The number of nitrogens with zero attached hydrogens (tertiary/aromatic N) is 1. The minimum atomic E-state index is -4.33. The van der Waals surface area contributed by atoms with Crippen LogP contribution in [0, 0.1) is 11.8 Å². The van der Waals surface area contributed by atoms with Crippen LogP contribution < -0.4 is 5.32 Å². The van der Waals surface area contributed by atoms with E-state index in [4.69, 9.17) is 0 Å². The fourth-order valence-corrected chi connectivity index (χ4v) is 2.39. The Bertz CT molecular complexity index is 385. The van der Waals surface area contributed by atoms with Crippen LogP contribution in [0.3, 0.4) is 0 Å². The van der Waals surface area contributed by atoms with Crippen LogP contribution in [0.15, 0.2) is 0 Å². The number of alkyl halides is 3. The van der Waals surface area contributed by atoms with Crippen LogP contribution in [-0.2, 0) is 14.3 Å². The van der Waals surface area contributed by atoms with Crippen molar-refractivity contribution < 1.29 is 27.5 Å². The summed E-state index contributed by atoms with van der Waals surface area (Å²) in [4.78, 5) is 25.1. The number of carbonyl (C=O) groups excluding carboxylic acids is 2. The van der Waals surface area contributed by atoms with Crippen LogP contribution in [0.4, 0.5) is 13.2 Å². The molecular weight excluding hydrogens is 289 g/mol. The Labute approximate surface area is 121 Å². The molecule has 1 heterocycles. The van der Waals surface area contributed by atoms with Crippen molar-refractivity contribution in [2.75, 3.05) is 26.7 Å². The van der Waals surface area contributed by atoms with Gasteiger partial charge in [0.05, 0.1) is 19.6 Å². The van der Waals surface area contributed by atoms with Crippen LogP contribution in [0.5, 0.6) is 0 Å². The molecule has 8 heteroatoms. The maximum absolute atomic E-state index is 12.3. The zero-order valence-corrected chi connectivity index (χ0v) is 12.4. The summed E-state index contributed by atoms with van der Waals surface area (Å²) in [5.74, 6) is -1.56. The van der Waals surface area contributed by atoms with Gasteiger partial charge in [-0.2, -0.15) is 13.2 Å². The Morgan fingerprint density at radius 1 is 1.33 bits per heavy atom. The van der Waals surface area contributed by atoms with Crippen LogP contribution in [-0.4, -0.2) is 55.7 Å². The third-order valence-corrected chi connectivity index (χ3v) is 3.38. The molecule has 1 aliphatic heterocycles. The van der Waals surface area contributed by atoms with Gasteiger partial charge >= 0.3 is 12.1 Å². The molecule has 21 heavy (non-hydrogen) atoms. The van der Waals surface area contributed by atoms with E-state index in [1.165, 1.54) is 12.0 Å². The third-order valence-electron chi connectivity index (χ3n) is 3.38. The average molecular weight is 310 g/mol. The first kappa shape index (κ1) is 17.7. The summed E-state index contributed by atoms with van der Waals surface area (Å²) in [5, 5.41) is 2.37. The number of carbonyl (C=O) groups is 2. The largest absolute Gasteiger partial charge is 0.469 e. The summed E-state index contributed by atoms with van der Waals surface area (Å²) in [6.45, 7) is 2.63. The Morgan fingerprint density at radius 3 is 2.43 bits per heavy atom. The molecule has 5 nitrogen and oxygen atoms in total. The van der Waals surface area contributed by atoms with Crippen molar-refractivity contribution in [1.29, 1.82) is 0 Å². The minimum Gasteiger partial charge on any atom is -0.469 e.